The number of ether oxygens (including phenoxy) is 4. The lowest BCUT2D eigenvalue weighted by molar-refractivity contribution is -0.277. The van der Waals surface area contributed by atoms with Gasteiger partial charge < -0.3 is 18.9 Å². The largest absolute Gasteiger partial charge is 0.382 e. The van der Waals surface area contributed by atoms with Gasteiger partial charge in [-0.3, -0.25) is 0 Å². The summed E-state index contributed by atoms with van der Waals surface area (Å²) in [6.45, 7) is 8.81. The summed E-state index contributed by atoms with van der Waals surface area (Å²) in [4.78, 5) is 17.4. The fraction of sp³-hybridized carbons (Fsp3) is 0.538. The molecule has 194 valence electrons. The lowest BCUT2D eigenvalue weighted by Crippen LogP contribution is -2.09. The molecular weight excluding hydrogens is 504 g/mol. The molecule has 0 bridgehead atoms. The molecule has 0 N–H and O–H groups in total. The zero-order valence-corrected chi connectivity index (χ0v) is 23.5. The number of methoxy groups -OCH3 is 1. The van der Waals surface area contributed by atoms with Crippen LogP contribution >= 0.6 is 34.0 Å². The molecule has 3 aromatic heterocycles. The molecule has 0 atom stereocenters. The van der Waals surface area contributed by atoms with E-state index in [1.807, 2.05) is 34.0 Å². The summed E-state index contributed by atoms with van der Waals surface area (Å²) in [5, 5.41) is 0. The number of aryl methyl sites for hydroxylation is 2. The van der Waals surface area contributed by atoms with Gasteiger partial charge in [0.2, 0.25) is 0 Å². The van der Waals surface area contributed by atoms with E-state index in [9.17, 15) is 0 Å². The molecule has 3 heterocycles. The zero-order chi connectivity index (χ0) is 24.9. The van der Waals surface area contributed by atoms with Crippen molar-refractivity contribution in [2.45, 2.75) is 33.3 Å². The third-order valence-electron chi connectivity index (χ3n) is 5.24. The van der Waals surface area contributed by atoms with Crippen molar-refractivity contribution in [2.24, 2.45) is 0 Å². The average Bonchev–Trinajstić information content (AvgIpc) is 3.56. The number of rotatable bonds is 18. The quantitative estimate of drug-likeness (QED) is 0.104. The van der Waals surface area contributed by atoms with Gasteiger partial charge in [0.1, 0.15) is 6.61 Å². The maximum atomic E-state index is 6.12. The van der Waals surface area contributed by atoms with Crippen molar-refractivity contribution in [1.82, 2.24) is 0 Å². The molecule has 3 aromatic rings. The van der Waals surface area contributed by atoms with Crippen LogP contribution in [0.2, 0.25) is 0 Å². The molecule has 0 fully saturated rings. The summed E-state index contributed by atoms with van der Waals surface area (Å²) in [5.74, 6) is 0. The van der Waals surface area contributed by atoms with Crippen molar-refractivity contribution in [1.29, 1.82) is 0 Å². The molecule has 0 aromatic carbocycles. The Morgan fingerprint density at radius 3 is 1.86 bits per heavy atom. The minimum absolute atomic E-state index is 0.433. The highest BCUT2D eigenvalue weighted by atomic mass is 32.1. The minimum Gasteiger partial charge on any atom is -0.382 e. The molecule has 35 heavy (non-hydrogen) atoms. The van der Waals surface area contributed by atoms with E-state index < -0.39 is 0 Å². The zero-order valence-electron chi connectivity index (χ0n) is 21.1. The van der Waals surface area contributed by atoms with Crippen LogP contribution in [-0.2, 0) is 41.8 Å². The van der Waals surface area contributed by atoms with Gasteiger partial charge in [-0.25, -0.2) is 9.78 Å². The Kier molecular flexibility index (Phi) is 12.9. The Morgan fingerprint density at radius 2 is 1.23 bits per heavy atom. The monoisotopic (exact) mass is 540 g/mol. The first-order valence-corrected chi connectivity index (χ1v) is 14.2. The number of hydrogen-bond donors (Lipinski definition) is 0. The SMILES string of the molecule is COCCOCCOCc1c(-c2ccc(C)s2)sc(-c2ccc(C)s2)c1CCCOCCOOC. The normalized spacial score (nSPS) is 11.5. The summed E-state index contributed by atoms with van der Waals surface area (Å²) in [6.07, 6.45) is 1.86. The summed E-state index contributed by atoms with van der Waals surface area (Å²) >= 11 is 5.57. The van der Waals surface area contributed by atoms with Crippen LogP contribution in [0, 0.1) is 13.8 Å². The van der Waals surface area contributed by atoms with Crippen LogP contribution in [-0.4, -0.2) is 60.5 Å². The Bertz CT molecular complexity index is 917. The number of thiophene rings is 3. The van der Waals surface area contributed by atoms with E-state index in [0.717, 1.165) is 12.8 Å². The molecule has 0 aliphatic heterocycles. The van der Waals surface area contributed by atoms with Crippen LogP contribution in [0.5, 0.6) is 0 Å². The van der Waals surface area contributed by atoms with Crippen LogP contribution in [0.4, 0.5) is 0 Å². The summed E-state index contributed by atoms with van der Waals surface area (Å²) < 4.78 is 22.5. The topological polar surface area (TPSA) is 55.4 Å². The molecule has 0 unspecified atom stereocenters. The predicted molar refractivity (Wildman–Crippen MR) is 145 cm³/mol. The summed E-state index contributed by atoms with van der Waals surface area (Å²) in [6, 6.07) is 8.87. The van der Waals surface area contributed by atoms with Crippen molar-refractivity contribution in [3.63, 3.8) is 0 Å². The lowest BCUT2D eigenvalue weighted by atomic mass is 10.0. The van der Waals surface area contributed by atoms with Crippen LogP contribution < -0.4 is 0 Å². The van der Waals surface area contributed by atoms with E-state index in [4.69, 9.17) is 23.8 Å². The molecule has 0 radical (unpaired) electrons. The van der Waals surface area contributed by atoms with Gasteiger partial charge in [0, 0.05) is 43.7 Å². The third kappa shape index (κ3) is 9.03. The highest BCUT2D eigenvalue weighted by Gasteiger charge is 2.22. The Hall–Kier alpha value is -1.14. The van der Waals surface area contributed by atoms with Gasteiger partial charge in [-0.05, 0) is 56.5 Å². The van der Waals surface area contributed by atoms with Crippen molar-refractivity contribution in [3.8, 4) is 19.5 Å². The predicted octanol–water partition coefficient (Wildman–Crippen LogP) is 6.53. The molecule has 0 saturated carbocycles. The van der Waals surface area contributed by atoms with Gasteiger partial charge in [0.15, 0.2) is 0 Å². The second-order valence-electron chi connectivity index (χ2n) is 7.90. The maximum absolute atomic E-state index is 6.12. The van der Waals surface area contributed by atoms with Gasteiger partial charge in [0.05, 0.1) is 51.6 Å². The van der Waals surface area contributed by atoms with E-state index >= 15 is 0 Å². The van der Waals surface area contributed by atoms with E-state index in [2.05, 4.69) is 43.0 Å². The highest BCUT2D eigenvalue weighted by molar-refractivity contribution is 7.26. The van der Waals surface area contributed by atoms with Crippen LogP contribution in [0.15, 0.2) is 24.3 Å². The molecule has 0 spiro atoms. The molecule has 0 amide bonds. The molecule has 0 saturated heterocycles. The molecule has 3 rings (SSSR count). The Labute approximate surface area is 220 Å². The maximum Gasteiger partial charge on any atom is 0.106 e. The van der Waals surface area contributed by atoms with Gasteiger partial charge in [-0.1, -0.05) is 0 Å². The lowest BCUT2D eigenvalue weighted by Gasteiger charge is -2.11. The van der Waals surface area contributed by atoms with E-state index in [-0.39, 0.29) is 0 Å². The average molecular weight is 541 g/mol. The van der Waals surface area contributed by atoms with Crippen molar-refractivity contribution >= 4 is 34.0 Å². The van der Waals surface area contributed by atoms with Crippen LogP contribution in [0.1, 0.15) is 27.3 Å². The first-order valence-electron chi connectivity index (χ1n) is 11.8. The summed E-state index contributed by atoms with van der Waals surface area (Å²) in [5.41, 5.74) is 2.66. The van der Waals surface area contributed by atoms with E-state index in [1.54, 1.807) is 7.11 Å². The second-order valence-corrected chi connectivity index (χ2v) is 11.5. The van der Waals surface area contributed by atoms with Gasteiger partial charge in [-0.15, -0.1) is 34.0 Å². The first-order chi connectivity index (χ1) is 17.1. The van der Waals surface area contributed by atoms with Crippen molar-refractivity contribution in [2.75, 3.05) is 60.5 Å². The second kappa shape index (κ2) is 15.9. The van der Waals surface area contributed by atoms with Gasteiger partial charge >= 0.3 is 0 Å². The standard InChI is InChI=1S/C26H36O6S3/c1-19-7-9-23(33-19)25-21(6-5-11-29-16-17-32-28-4)22(18-31-15-14-30-13-12-27-3)26(35-25)24-10-8-20(2)34-24/h7-10H,5-6,11-18H2,1-4H3. The molecule has 9 heteroatoms. The van der Waals surface area contributed by atoms with Crippen molar-refractivity contribution < 1.29 is 28.7 Å². The van der Waals surface area contributed by atoms with Crippen LogP contribution in [0.3, 0.4) is 0 Å². The van der Waals surface area contributed by atoms with E-state index in [0.29, 0.717) is 52.9 Å². The fourth-order valence-electron chi connectivity index (χ4n) is 3.59. The van der Waals surface area contributed by atoms with E-state index in [1.165, 1.54) is 47.5 Å². The van der Waals surface area contributed by atoms with Gasteiger partial charge in [-0.2, -0.15) is 0 Å². The molecule has 6 nitrogen and oxygen atoms in total. The van der Waals surface area contributed by atoms with Crippen molar-refractivity contribution in [3.05, 3.63) is 45.1 Å². The molecular formula is C26H36O6S3. The molecule has 0 aliphatic carbocycles. The smallest absolute Gasteiger partial charge is 0.106 e. The Balaban J connectivity index is 1.78. The molecule has 0 aliphatic rings. The Morgan fingerprint density at radius 1 is 0.629 bits per heavy atom. The highest BCUT2D eigenvalue weighted by Crippen LogP contribution is 2.46. The third-order valence-corrected chi connectivity index (χ3v) is 8.88. The minimum atomic E-state index is 0.433. The fourth-order valence-corrected chi connectivity index (χ4v) is 6.96. The summed E-state index contributed by atoms with van der Waals surface area (Å²) in [7, 11) is 3.18. The number of hydrogen-bond acceptors (Lipinski definition) is 9. The first kappa shape index (κ1) is 28.4. The van der Waals surface area contributed by atoms with Gasteiger partial charge in [0.25, 0.3) is 0 Å². The van der Waals surface area contributed by atoms with Crippen LogP contribution in [0.25, 0.3) is 19.5 Å².